The fraction of sp³-hybridized carbons (Fsp3) is 0.500. The van der Waals surface area contributed by atoms with Crippen LogP contribution in [0.2, 0.25) is 0 Å². The van der Waals surface area contributed by atoms with E-state index in [1.165, 1.54) is 0 Å². The molecule has 84 valence electrons. The highest BCUT2D eigenvalue weighted by atomic mass is 32.2. The Hall–Kier alpha value is -0.670. The molecule has 1 aromatic carbocycles. The van der Waals surface area contributed by atoms with E-state index >= 15 is 0 Å². The monoisotopic (exact) mass is 225 g/mol. The van der Waals surface area contributed by atoms with Crippen LogP contribution < -0.4 is 0 Å². The van der Waals surface area contributed by atoms with Crippen molar-refractivity contribution in [3.8, 4) is 0 Å². The minimum atomic E-state index is -2.14. The summed E-state index contributed by atoms with van der Waals surface area (Å²) in [5.74, 6) is 0.466. The van der Waals surface area contributed by atoms with Crippen LogP contribution in [0.15, 0.2) is 23.1 Å². The van der Waals surface area contributed by atoms with Crippen LogP contribution in [0.5, 0.6) is 0 Å². The van der Waals surface area contributed by atoms with E-state index in [-0.39, 0.29) is 11.8 Å². The van der Waals surface area contributed by atoms with Crippen LogP contribution in [0.25, 0.3) is 0 Å². The van der Waals surface area contributed by atoms with Gasteiger partial charge in [0.05, 0.1) is 0 Å². The first-order chi connectivity index (χ1) is 6.95. The molecule has 3 heteroatoms. The molecule has 15 heavy (non-hydrogen) atoms. The zero-order chi connectivity index (χ0) is 11.6. The molecule has 0 bridgehead atoms. The second kappa shape index (κ2) is 4.90. The Balaban J connectivity index is 3.42. The van der Waals surface area contributed by atoms with E-state index in [4.69, 9.17) is 0 Å². The maximum Gasteiger partial charge on any atom is 0.0318 e. The third kappa shape index (κ3) is 2.67. The molecular formula is C12H17O2S-. The van der Waals surface area contributed by atoms with Gasteiger partial charge in [-0.1, -0.05) is 45.9 Å². The minimum absolute atomic E-state index is 0.233. The van der Waals surface area contributed by atoms with Crippen molar-refractivity contribution in [2.24, 2.45) is 0 Å². The molecule has 1 atom stereocenters. The highest BCUT2D eigenvalue weighted by molar-refractivity contribution is 7.79. The Morgan fingerprint density at radius 1 is 1.07 bits per heavy atom. The van der Waals surface area contributed by atoms with E-state index in [2.05, 4.69) is 0 Å². The normalized spacial score (nSPS) is 13.5. The summed E-state index contributed by atoms with van der Waals surface area (Å²) in [6.07, 6.45) is 0. The van der Waals surface area contributed by atoms with Crippen LogP contribution >= 0.6 is 0 Å². The Morgan fingerprint density at radius 3 is 1.73 bits per heavy atom. The largest absolute Gasteiger partial charge is 0.768 e. The summed E-state index contributed by atoms with van der Waals surface area (Å²) >= 11 is -2.14. The third-order valence-corrected chi connectivity index (χ3v) is 3.29. The lowest BCUT2D eigenvalue weighted by Gasteiger charge is -2.20. The number of rotatable bonds is 3. The molecule has 1 rings (SSSR count). The number of hydrogen-bond donors (Lipinski definition) is 0. The lowest BCUT2D eigenvalue weighted by molar-refractivity contribution is 0.533. The summed E-state index contributed by atoms with van der Waals surface area (Å²) in [5, 5.41) is 0. The van der Waals surface area contributed by atoms with E-state index in [1.807, 2.05) is 45.9 Å². The molecule has 0 aliphatic carbocycles. The maximum absolute atomic E-state index is 11.3. The molecule has 0 fully saturated rings. The minimum Gasteiger partial charge on any atom is -0.768 e. The maximum atomic E-state index is 11.3. The van der Waals surface area contributed by atoms with Gasteiger partial charge in [0.15, 0.2) is 0 Å². The van der Waals surface area contributed by atoms with Crippen molar-refractivity contribution in [3.63, 3.8) is 0 Å². The summed E-state index contributed by atoms with van der Waals surface area (Å²) in [7, 11) is 0. The van der Waals surface area contributed by atoms with Gasteiger partial charge in [-0.25, -0.2) is 0 Å². The molecule has 0 saturated heterocycles. The van der Waals surface area contributed by atoms with Gasteiger partial charge in [0.1, 0.15) is 0 Å². The molecule has 1 unspecified atom stereocenters. The summed E-state index contributed by atoms with van der Waals surface area (Å²) in [4.78, 5) is 0.488. The van der Waals surface area contributed by atoms with Crippen LogP contribution in [0.3, 0.4) is 0 Å². The molecular weight excluding hydrogens is 208 g/mol. The Labute approximate surface area is 94.0 Å². The highest BCUT2D eigenvalue weighted by Gasteiger charge is 2.13. The summed E-state index contributed by atoms with van der Waals surface area (Å²) in [6.45, 7) is 8.04. The molecule has 0 aliphatic heterocycles. The van der Waals surface area contributed by atoms with E-state index in [9.17, 15) is 8.76 Å². The van der Waals surface area contributed by atoms with Crippen molar-refractivity contribution in [2.75, 3.05) is 0 Å². The summed E-state index contributed by atoms with van der Waals surface area (Å²) in [5.41, 5.74) is 1.82. The molecule has 0 saturated carbocycles. The van der Waals surface area contributed by atoms with Gasteiger partial charge in [0.25, 0.3) is 0 Å². The molecule has 0 radical (unpaired) electrons. The summed E-state index contributed by atoms with van der Waals surface area (Å²) in [6, 6.07) is 5.71. The first-order valence-corrected chi connectivity index (χ1v) is 6.24. The fourth-order valence-corrected chi connectivity index (χ4v) is 2.67. The SMILES string of the molecule is CC(C)c1cccc(C(C)C)c1S(=O)[O-]. The zero-order valence-corrected chi connectivity index (χ0v) is 10.4. The second-order valence-corrected chi connectivity index (χ2v) is 5.19. The zero-order valence-electron chi connectivity index (χ0n) is 9.61. The van der Waals surface area contributed by atoms with Crippen molar-refractivity contribution in [1.29, 1.82) is 0 Å². The van der Waals surface area contributed by atoms with Gasteiger partial charge >= 0.3 is 0 Å². The average Bonchev–Trinajstić information content (AvgIpc) is 2.16. The molecule has 0 amide bonds. The van der Waals surface area contributed by atoms with Crippen LogP contribution in [0, 0.1) is 0 Å². The average molecular weight is 225 g/mol. The van der Waals surface area contributed by atoms with Crippen LogP contribution in [-0.2, 0) is 11.1 Å². The topological polar surface area (TPSA) is 40.1 Å². The quantitative estimate of drug-likeness (QED) is 0.741. The molecule has 0 aliphatic rings. The molecule has 0 heterocycles. The van der Waals surface area contributed by atoms with Gasteiger partial charge < -0.3 is 4.55 Å². The van der Waals surface area contributed by atoms with E-state index < -0.39 is 11.1 Å². The molecule has 0 spiro atoms. The Kier molecular flexibility index (Phi) is 4.05. The summed E-state index contributed by atoms with van der Waals surface area (Å²) < 4.78 is 22.5. The van der Waals surface area contributed by atoms with Crippen molar-refractivity contribution in [3.05, 3.63) is 29.3 Å². The van der Waals surface area contributed by atoms with Crippen molar-refractivity contribution >= 4 is 11.1 Å². The third-order valence-electron chi connectivity index (χ3n) is 2.49. The van der Waals surface area contributed by atoms with Gasteiger partial charge in [-0.15, -0.1) is 0 Å². The van der Waals surface area contributed by atoms with E-state index in [0.29, 0.717) is 4.90 Å². The predicted molar refractivity (Wildman–Crippen MR) is 61.8 cm³/mol. The first kappa shape index (κ1) is 12.4. The lowest BCUT2D eigenvalue weighted by atomic mass is 9.95. The van der Waals surface area contributed by atoms with Crippen molar-refractivity contribution in [1.82, 2.24) is 0 Å². The van der Waals surface area contributed by atoms with Gasteiger partial charge in [0, 0.05) is 4.90 Å². The standard InChI is InChI=1S/C12H18O2S/c1-8(2)10-6-5-7-11(9(3)4)12(10)15(13)14/h5-9H,1-4H3,(H,13,14)/p-1. The fourth-order valence-electron chi connectivity index (χ4n) is 1.68. The van der Waals surface area contributed by atoms with Gasteiger partial charge in [-0.3, -0.25) is 4.21 Å². The smallest absolute Gasteiger partial charge is 0.0318 e. The van der Waals surface area contributed by atoms with E-state index in [1.54, 1.807) is 0 Å². The Bertz CT molecular complexity index is 344. The molecule has 0 N–H and O–H groups in total. The molecule has 0 aromatic heterocycles. The van der Waals surface area contributed by atoms with Gasteiger partial charge in [-0.2, -0.15) is 0 Å². The van der Waals surface area contributed by atoms with Crippen LogP contribution in [0.1, 0.15) is 50.7 Å². The Morgan fingerprint density at radius 2 is 1.47 bits per heavy atom. The second-order valence-electron chi connectivity index (χ2n) is 4.31. The number of hydrogen-bond acceptors (Lipinski definition) is 2. The molecule has 1 aromatic rings. The van der Waals surface area contributed by atoms with Crippen molar-refractivity contribution < 1.29 is 8.76 Å². The van der Waals surface area contributed by atoms with Crippen LogP contribution in [0.4, 0.5) is 0 Å². The molecule has 2 nitrogen and oxygen atoms in total. The van der Waals surface area contributed by atoms with Crippen molar-refractivity contribution in [2.45, 2.75) is 44.4 Å². The lowest BCUT2D eigenvalue weighted by Crippen LogP contribution is -2.04. The van der Waals surface area contributed by atoms with Crippen LogP contribution in [-0.4, -0.2) is 8.76 Å². The van der Waals surface area contributed by atoms with Gasteiger partial charge in [0.2, 0.25) is 0 Å². The first-order valence-electron chi connectivity index (χ1n) is 5.17. The van der Waals surface area contributed by atoms with E-state index in [0.717, 1.165) is 11.1 Å². The highest BCUT2D eigenvalue weighted by Crippen LogP contribution is 2.29. The van der Waals surface area contributed by atoms with Gasteiger partial charge in [-0.05, 0) is 34.0 Å². The predicted octanol–water partition coefficient (Wildman–Crippen LogP) is 3.17. The number of benzene rings is 1.